The minimum absolute atomic E-state index is 0.00885. The highest BCUT2D eigenvalue weighted by molar-refractivity contribution is 7.47. The average molecular weight is 775 g/mol. The number of esters is 2. The number of hydrogen-bond acceptors (Lipinski definition) is 7. The summed E-state index contributed by atoms with van der Waals surface area (Å²) in [4.78, 5) is 35.2. The number of carbonyl (C=O) groups excluding carboxylic acids is 2. The number of phosphoric acid groups is 1. The van der Waals surface area contributed by atoms with Crippen molar-refractivity contribution in [1.82, 2.24) is 0 Å². The Balaban J connectivity index is 4.61. The number of ether oxygens (including phenoxy) is 2. The first-order valence-electron chi connectivity index (χ1n) is 20.0. The molecule has 0 spiro atoms. The summed E-state index contributed by atoms with van der Waals surface area (Å²) < 4.78 is 34.1. The van der Waals surface area contributed by atoms with Crippen LogP contribution in [0.2, 0.25) is 0 Å². The van der Waals surface area contributed by atoms with Gasteiger partial charge in [-0.3, -0.25) is 18.6 Å². The Kier molecular flexibility index (Phi) is 33.6. The van der Waals surface area contributed by atoms with Crippen molar-refractivity contribution in [3.8, 4) is 0 Å². The third kappa shape index (κ3) is 38.6. The van der Waals surface area contributed by atoms with Crippen LogP contribution in [-0.2, 0) is 32.7 Å². The fourth-order valence-electron chi connectivity index (χ4n) is 4.63. The minimum atomic E-state index is -4.40. The second kappa shape index (κ2) is 35.6. The van der Waals surface area contributed by atoms with Gasteiger partial charge in [-0.15, -0.1) is 0 Å². The van der Waals surface area contributed by atoms with Crippen LogP contribution in [0, 0.1) is 0 Å². The van der Waals surface area contributed by atoms with E-state index in [1.807, 2.05) is 94.1 Å². The molecule has 54 heavy (non-hydrogen) atoms. The lowest BCUT2D eigenvalue weighted by atomic mass is 10.1. The zero-order valence-electron chi connectivity index (χ0n) is 34.2. The molecule has 0 rings (SSSR count). The van der Waals surface area contributed by atoms with Gasteiger partial charge in [-0.05, 0) is 51.4 Å². The second-order valence-electron chi connectivity index (χ2n) is 14.1. The zero-order valence-corrected chi connectivity index (χ0v) is 35.1. The molecule has 0 aromatic heterocycles. The molecule has 0 aromatic rings. The van der Waals surface area contributed by atoms with Crippen LogP contribution in [0.1, 0.15) is 117 Å². The molecule has 0 aliphatic heterocycles. The van der Waals surface area contributed by atoms with Crippen LogP contribution < -0.4 is 0 Å². The van der Waals surface area contributed by atoms with Crippen molar-refractivity contribution in [2.45, 2.75) is 123 Å². The molecule has 0 radical (unpaired) electrons. The predicted molar refractivity (Wildman–Crippen MR) is 224 cm³/mol. The number of hydrogen-bond donors (Lipinski definition) is 1. The Morgan fingerprint density at radius 2 is 1.17 bits per heavy atom. The third-order valence-corrected chi connectivity index (χ3v) is 8.76. The van der Waals surface area contributed by atoms with E-state index in [2.05, 4.69) is 38.2 Å². The van der Waals surface area contributed by atoms with Crippen LogP contribution in [0.5, 0.6) is 0 Å². The highest BCUT2D eigenvalue weighted by Crippen LogP contribution is 2.43. The molecule has 0 saturated carbocycles. The summed E-state index contributed by atoms with van der Waals surface area (Å²) in [6, 6.07) is 0. The van der Waals surface area contributed by atoms with Crippen molar-refractivity contribution in [2.24, 2.45) is 0 Å². The lowest BCUT2D eigenvalue weighted by Gasteiger charge is -2.24. The van der Waals surface area contributed by atoms with Crippen LogP contribution >= 0.6 is 7.82 Å². The molecule has 1 N–H and O–H groups in total. The maximum Gasteiger partial charge on any atom is 0.472 e. The van der Waals surface area contributed by atoms with Gasteiger partial charge in [0.25, 0.3) is 0 Å². The van der Waals surface area contributed by atoms with Crippen molar-refractivity contribution in [1.29, 1.82) is 0 Å². The SMILES string of the molecule is CC/C=C/C=C/C=C/C=C/C=C/C=C/CCCCCC(=O)OCC(COP(=O)(O)OCC[N+](C)(C)C)OC(=O)CC/C=C/C/C=C/CCCCCCCC. The molecular weight excluding hydrogens is 701 g/mol. The van der Waals surface area contributed by atoms with E-state index in [0.29, 0.717) is 23.9 Å². The van der Waals surface area contributed by atoms with E-state index >= 15 is 0 Å². The van der Waals surface area contributed by atoms with Gasteiger partial charge in [-0.2, -0.15) is 0 Å². The maximum atomic E-state index is 12.6. The molecule has 9 nitrogen and oxygen atoms in total. The Morgan fingerprint density at radius 1 is 0.611 bits per heavy atom. The molecule has 10 heteroatoms. The fourth-order valence-corrected chi connectivity index (χ4v) is 5.37. The van der Waals surface area contributed by atoms with Gasteiger partial charge < -0.3 is 18.9 Å². The van der Waals surface area contributed by atoms with E-state index in [0.717, 1.165) is 38.5 Å². The first-order valence-corrected chi connectivity index (χ1v) is 21.5. The maximum absolute atomic E-state index is 12.6. The Labute approximate surface area is 328 Å². The zero-order chi connectivity index (χ0) is 40.0. The highest BCUT2D eigenvalue weighted by Gasteiger charge is 2.27. The normalized spacial score (nSPS) is 14.7. The van der Waals surface area contributed by atoms with E-state index in [4.69, 9.17) is 18.5 Å². The second-order valence-corrected chi connectivity index (χ2v) is 15.5. The standard InChI is InChI=1S/C44H72NO8P/c1-6-8-10-12-14-16-18-20-21-22-23-25-26-28-30-32-34-36-43(46)50-40-42(41-52-54(48,49)51-39-38-45(3,4)5)53-44(47)37-35-33-31-29-27-24-19-17-15-13-11-9-7-2/h8,10,12,14,16,18,20-27,31,33,42H,6-7,9,11,13,15,17,19,28-30,32,34-41H2,1-5H3/p+1/b10-8+,14-12+,18-16+,21-20+,23-22+,26-25+,27-24+,33-31+. The van der Waals surface area contributed by atoms with E-state index in [1.54, 1.807) is 0 Å². The van der Waals surface area contributed by atoms with Crippen molar-refractivity contribution in [3.63, 3.8) is 0 Å². The molecule has 0 fully saturated rings. The van der Waals surface area contributed by atoms with Crippen LogP contribution in [0.15, 0.2) is 97.2 Å². The van der Waals surface area contributed by atoms with Crippen molar-refractivity contribution in [2.75, 3.05) is 47.5 Å². The molecule has 0 aliphatic carbocycles. The Hall–Kier alpha value is -3.07. The first kappa shape index (κ1) is 50.9. The monoisotopic (exact) mass is 775 g/mol. The summed E-state index contributed by atoms with van der Waals surface area (Å²) in [6.07, 6.45) is 46.2. The summed E-state index contributed by atoms with van der Waals surface area (Å²) in [5.41, 5.74) is 0. The van der Waals surface area contributed by atoms with Gasteiger partial charge in [0.05, 0.1) is 27.7 Å². The Morgan fingerprint density at radius 3 is 1.80 bits per heavy atom. The van der Waals surface area contributed by atoms with E-state index < -0.39 is 32.5 Å². The molecule has 0 heterocycles. The molecule has 2 atom stereocenters. The molecule has 2 unspecified atom stereocenters. The first-order chi connectivity index (χ1) is 26.0. The van der Waals surface area contributed by atoms with Crippen molar-refractivity contribution >= 4 is 19.8 Å². The van der Waals surface area contributed by atoms with E-state index in [1.165, 1.54) is 38.5 Å². The smallest absolute Gasteiger partial charge is 0.462 e. The number of unbranched alkanes of at least 4 members (excludes halogenated alkanes) is 9. The number of nitrogens with zero attached hydrogens (tertiary/aromatic N) is 1. The average Bonchev–Trinajstić information content (AvgIpc) is 3.12. The molecule has 0 amide bonds. The van der Waals surface area contributed by atoms with E-state index in [-0.39, 0.29) is 26.1 Å². The quantitative estimate of drug-likeness (QED) is 0.0172. The summed E-state index contributed by atoms with van der Waals surface area (Å²) in [6.45, 7) is 4.10. The van der Waals surface area contributed by atoms with Gasteiger partial charge in [0.2, 0.25) is 0 Å². The van der Waals surface area contributed by atoms with Crippen molar-refractivity contribution in [3.05, 3.63) is 97.2 Å². The van der Waals surface area contributed by atoms with Gasteiger partial charge in [-0.25, -0.2) is 4.57 Å². The molecule has 0 aromatic carbocycles. The van der Waals surface area contributed by atoms with Gasteiger partial charge >= 0.3 is 19.8 Å². The molecular formula is C44H73NO8P+. The highest BCUT2D eigenvalue weighted by atomic mass is 31.2. The summed E-state index contributed by atoms with van der Waals surface area (Å²) >= 11 is 0. The van der Waals surface area contributed by atoms with Crippen LogP contribution in [0.4, 0.5) is 0 Å². The van der Waals surface area contributed by atoms with Crippen molar-refractivity contribution < 1.29 is 42.1 Å². The minimum Gasteiger partial charge on any atom is -0.462 e. The summed E-state index contributed by atoms with van der Waals surface area (Å²) in [5.74, 6) is -0.942. The number of likely N-dealkylation sites (N-methyl/N-ethyl adjacent to an activating group) is 1. The third-order valence-electron chi connectivity index (χ3n) is 7.77. The molecule has 306 valence electrons. The van der Waals surface area contributed by atoms with Crippen LogP contribution in [0.25, 0.3) is 0 Å². The molecule has 0 bridgehead atoms. The topological polar surface area (TPSA) is 108 Å². The summed E-state index contributed by atoms with van der Waals surface area (Å²) in [5, 5.41) is 0. The summed E-state index contributed by atoms with van der Waals surface area (Å²) in [7, 11) is 1.40. The largest absolute Gasteiger partial charge is 0.472 e. The fraction of sp³-hybridized carbons (Fsp3) is 0.591. The van der Waals surface area contributed by atoms with Gasteiger partial charge in [0.1, 0.15) is 19.8 Å². The van der Waals surface area contributed by atoms with Gasteiger partial charge in [0.15, 0.2) is 6.10 Å². The number of phosphoric ester groups is 1. The van der Waals surface area contributed by atoms with Gasteiger partial charge in [-0.1, -0.05) is 150 Å². The lowest BCUT2D eigenvalue weighted by molar-refractivity contribution is -0.870. The lowest BCUT2D eigenvalue weighted by Crippen LogP contribution is -2.37. The van der Waals surface area contributed by atoms with Gasteiger partial charge in [0, 0.05) is 12.8 Å². The van der Waals surface area contributed by atoms with Crippen LogP contribution in [0.3, 0.4) is 0 Å². The number of rotatable bonds is 34. The predicted octanol–water partition coefficient (Wildman–Crippen LogP) is 11.0. The Bertz CT molecular complexity index is 1240. The molecule has 0 saturated heterocycles. The number of carbonyl (C=O) groups is 2. The number of quaternary nitrogens is 1. The number of allylic oxidation sites excluding steroid dienone is 16. The van der Waals surface area contributed by atoms with E-state index in [9.17, 15) is 19.0 Å². The molecule has 0 aliphatic rings. The van der Waals surface area contributed by atoms with Crippen LogP contribution in [-0.4, -0.2) is 74.9 Å².